The van der Waals surface area contributed by atoms with Crippen LogP contribution in [0.1, 0.15) is 89.7 Å². The highest BCUT2D eigenvalue weighted by molar-refractivity contribution is 7.91. The maximum Gasteiger partial charge on any atom is 0.438 e. The Labute approximate surface area is 332 Å². The molecule has 0 radical (unpaired) electrons. The highest BCUT2D eigenvalue weighted by atomic mass is 32.2. The lowest BCUT2D eigenvalue weighted by atomic mass is 10.0. The predicted octanol–water partition coefficient (Wildman–Crippen LogP) is 4.38. The fourth-order valence-electron chi connectivity index (χ4n) is 7.84. The van der Waals surface area contributed by atoms with E-state index in [0.717, 1.165) is 4.90 Å². The Balaban J connectivity index is 1.21. The summed E-state index contributed by atoms with van der Waals surface area (Å²) in [6.07, 6.45) is -2.41. The number of benzene rings is 1. The first-order valence-electron chi connectivity index (χ1n) is 19.5. The average Bonchev–Trinajstić information content (AvgIpc) is 3.98. The van der Waals surface area contributed by atoms with Crippen LogP contribution in [0.25, 0.3) is 11.0 Å². The molecule has 4 fully saturated rings. The van der Waals surface area contributed by atoms with Crippen molar-refractivity contribution in [1.82, 2.24) is 30.2 Å². The zero-order valence-corrected chi connectivity index (χ0v) is 32.8. The van der Waals surface area contributed by atoms with Crippen molar-refractivity contribution >= 4 is 44.9 Å². The van der Waals surface area contributed by atoms with E-state index in [0.29, 0.717) is 57.1 Å². The van der Waals surface area contributed by atoms with Crippen molar-refractivity contribution in [3.05, 3.63) is 36.0 Å². The van der Waals surface area contributed by atoms with Gasteiger partial charge >= 0.3 is 12.3 Å². The molecule has 0 unspecified atom stereocenters. The molecule has 4 amide bonds. The number of rotatable bonds is 8. The lowest BCUT2D eigenvalue weighted by Crippen LogP contribution is -2.58. The van der Waals surface area contributed by atoms with E-state index in [4.69, 9.17) is 14.2 Å². The van der Waals surface area contributed by atoms with Gasteiger partial charge in [-0.05, 0) is 76.8 Å². The molecule has 3 N–H and O–H groups in total. The summed E-state index contributed by atoms with van der Waals surface area (Å²) in [5.41, 5.74) is -3.24. The molecule has 58 heavy (non-hydrogen) atoms. The van der Waals surface area contributed by atoms with Crippen LogP contribution in [0.4, 0.5) is 22.4 Å². The van der Waals surface area contributed by atoms with E-state index in [1.807, 2.05) is 6.08 Å². The van der Waals surface area contributed by atoms with Gasteiger partial charge in [-0.1, -0.05) is 25.0 Å². The van der Waals surface area contributed by atoms with Crippen LogP contribution in [-0.4, -0.2) is 102 Å². The van der Waals surface area contributed by atoms with E-state index in [1.54, 1.807) is 6.08 Å². The summed E-state index contributed by atoms with van der Waals surface area (Å²) in [4.78, 5) is 64.7. The van der Waals surface area contributed by atoms with Gasteiger partial charge in [-0.3, -0.25) is 19.1 Å². The van der Waals surface area contributed by atoms with Gasteiger partial charge in [-0.25, -0.2) is 27.6 Å². The lowest BCUT2D eigenvalue weighted by Gasteiger charge is -2.30. The number of carbonyl (C=O) groups excluding carboxylic acids is 4. The molecule has 1 aromatic carbocycles. The quantitative estimate of drug-likeness (QED) is 0.252. The number of hydrogen-bond acceptors (Lipinski definition) is 11. The number of methoxy groups -OCH3 is 1. The summed E-state index contributed by atoms with van der Waals surface area (Å²) in [6.45, 7) is 1.05. The molecular weight excluding hydrogens is 793 g/mol. The van der Waals surface area contributed by atoms with Crippen LogP contribution < -0.4 is 24.8 Å². The van der Waals surface area contributed by atoms with Crippen molar-refractivity contribution in [2.24, 2.45) is 5.92 Å². The number of alkyl halides is 4. The van der Waals surface area contributed by atoms with Crippen molar-refractivity contribution in [1.29, 1.82) is 0 Å². The van der Waals surface area contributed by atoms with E-state index >= 15 is 0 Å². The van der Waals surface area contributed by atoms with Gasteiger partial charge < -0.3 is 29.7 Å². The first-order valence-corrected chi connectivity index (χ1v) is 21.0. The maximum atomic E-state index is 14.5. The normalized spacial score (nSPS) is 30.5. The second-order valence-electron chi connectivity index (χ2n) is 16.0. The highest BCUT2D eigenvalue weighted by Gasteiger charge is 2.63. The monoisotopic (exact) mass is 838 g/mol. The number of alkyl carbamates (subject to hydrolysis) is 1. The number of nitrogens with one attached hydrogen (secondary N) is 3. The number of ether oxygens (including phenoxy) is 3. The van der Waals surface area contributed by atoms with Crippen LogP contribution in [0.2, 0.25) is 0 Å². The Kier molecular flexibility index (Phi) is 11.3. The summed E-state index contributed by atoms with van der Waals surface area (Å²) < 4.78 is 101. The van der Waals surface area contributed by atoms with Crippen LogP contribution >= 0.6 is 0 Å². The van der Waals surface area contributed by atoms with Crippen molar-refractivity contribution in [3.8, 4) is 11.6 Å². The fourth-order valence-corrected chi connectivity index (χ4v) is 9.16. The van der Waals surface area contributed by atoms with Gasteiger partial charge in [-0.2, -0.15) is 13.2 Å². The van der Waals surface area contributed by atoms with Crippen LogP contribution in [-0.2, 0) is 35.3 Å². The van der Waals surface area contributed by atoms with E-state index in [9.17, 15) is 45.2 Å². The molecule has 316 valence electrons. The topological polar surface area (TPSA) is 195 Å². The SMILES string of the molecule is COc1ccc2nc(C(F)(F)F)c(O[C@@H]3C[C@H]4C(=O)N[C@]5(C(=O)NS(=O)(=O)C6(C)CC6)C[C@H]5/C=C\CCCCC[C@H](NC(=O)O[C@@H]5CCC[C@H]5F)C(=O)N4C3)nc2c1. The Morgan fingerprint density at radius 3 is 2.50 bits per heavy atom. The van der Waals surface area contributed by atoms with Crippen LogP contribution in [0.15, 0.2) is 30.4 Å². The summed E-state index contributed by atoms with van der Waals surface area (Å²) in [6, 6.07) is 1.32. The van der Waals surface area contributed by atoms with E-state index in [1.165, 1.54) is 32.2 Å². The number of halogens is 4. The third-order valence-electron chi connectivity index (χ3n) is 11.8. The second kappa shape index (κ2) is 15.8. The zero-order valence-electron chi connectivity index (χ0n) is 32.0. The van der Waals surface area contributed by atoms with Gasteiger partial charge in [0.2, 0.25) is 33.4 Å². The van der Waals surface area contributed by atoms with Crippen molar-refractivity contribution in [2.45, 2.75) is 131 Å². The minimum atomic E-state index is -5.02. The molecule has 3 aliphatic carbocycles. The summed E-state index contributed by atoms with van der Waals surface area (Å²) in [7, 11) is -2.75. The number of allylic oxidation sites excluding steroid dienone is 1. The smallest absolute Gasteiger partial charge is 0.438 e. The summed E-state index contributed by atoms with van der Waals surface area (Å²) in [5.74, 6) is -3.85. The standard InChI is InChI=1S/C38H46F4N6O9S/c1-36(15-16-36)58(53,54)47-34(51)37-19-21(37)9-6-4-3-5-7-11-26(45-35(52)57-29-12-8-10-24(29)39)33(50)48-20-23(18-28(48)31(49)46-37)56-32-30(38(40,41)42)43-25-14-13-22(55-2)17-27(25)44-32/h6,9,13-14,17,21,23-24,26,28-29H,3-5,7-8,10-12,15-16,18-20H2,1-2H3,(H,45,52)(H,46,49)(H,47,51)/b9-6-/t21-,23-,24-,26+,28+,29-,37-/m1/s1. The highest BCUT2D eigenvalue weighted by Crippen LogP contribution is 2.48. The molecule has 1 aromatic heterocycles. The molecule has 2 aliphatic heterocycles. The fraction of sp³-hybridized carbons (Fsp3) is 0.632. The number of amides is 4. The molecule has 3 saturated carbocycles. The van der Waals surface area contributed by atoms with Gasteiger partial charge in [0, 0.05) is 18.4 Å². The predicted molar refractivity (Wildman–Crippen MR) is 197 cm³/mol. The Hall–Kier alpha value is -4.75. The van der Waals surface area contributed by atoms with Crippen LogP contribution in [0, 0.1) is 5.92 Å². The molecule has 0 bridgehead atoms. The number of sulfonamides is 1. The number of aromatic nitrogens is 2. The number of nitrogens with zero attached hydrogens (tertiary/aromatic N) is 3. The minimum absolute atomic E-state index is 0.0142. The molecule has 7 atom stereocenters. The third-order valence-corrected chi connectivity index (χ3v) is 13.9. The van der Waals surface area contributed by atoms with Crippen LogP contribution in [0.3, 0.4) is 0 Å². The van der Waals surface area contributed by atoms with Crippen molar-refractivity contribution < 1.29 is 59.4 Å². The van der Waals surface area contributed by atoms with Gasteiger partial charge in [-0.15, -0.1) is 0 Å². The Morgan fingerprint density at radius 1 is 1.03 bits per heavy atom. The number of fused-ring (bicyclic) bond motifs is 3. The molecule has 7 rings (SSSR count). The van der Waals surface area contributed by atoms with Gasteiger partial charge in [0.05, 0.1) is 29.4 Å². The third kappa shape index (κ3) is 8.52. The molecule has 20 heteroatoms. The summed E-state index contributed by atoms with van der Waals surface area (Å²) >= 11 is 0. The second-order valence-corrected chi connectivity index (χ2v) is 18.2. The van der Waals surface area contributed by atoms with Crippen molar-refractivity contribution in [3.63, 3.8) is 0 Å². The molecule has 1 saturated heterocycles. The molecular formula is C38H46F4N6O9S. The molecule has 3 heterocycles. The first kappa shape index (κ1) is 41.4. The van der Waals surface area contributed by atoms with Crippen molar-refractivity contribution in [2.75, 3.05) is 13.7 Å². The van der Waals surface area contributed by atoms with Crippen LogP contribution in [0.5, 0.6) is 11.6 Å². The molecule has 15 nitrogen and oxygen atoms in total. The summed E-state index contributed by atoms with van der Waals surface area (Å²) in [5, 5.41) is 5.23. The van der Waals surface area contributed by atoms with Gasteiger partial charge in [0.1, 0.15) is 41.8 Å². The number of hydrogen-bond donors (Lipinski definition) is 3. The zero-order chi connectivity index (χ0) is 41.6. The number of carbonyl (C=O) groups is 4. The lowest BCUT2D eigenvalue weighted by molar-refractivity contribution is -0.143. The van der Waals surface area contributed by atoms with Gasteiger partial charge in [0.15, 0.2) is 0 Å². The molecule has 2 aromatic rings. The van der Waals surface area contributed by atoms with E-state index in [2.05, 4.69) is 25.3 Å². The van der Waals surface area contributed by atoms with E-state index in [-0.39, 0.29) is 36.7 Å². The molecule has 5 aliphatic rings. The van der Waals surface area contributed by atoms with Gasteiger partial charge in [0.25, 0.3) is 5.91 Å². The Morgan fingerprint density at radius 2 is 1.81 bits per heavy atom. The maximum absolute atomic E-state index is 14.5. The largest absolute Gasteiger partial charge is 0.497 e. The minimum Gasteiger partial charge on any atom is -0.497 e. The average molecular weight is 839 g/mol. The molecule has 0 spiro atoms. The van der Waals surface area contributed by atoms with E-state index < -0.39 is 105 Å². The first-order chi connectivity index (χ1) is 27.4. The Bertz CT molecular complexity index is 2100.